The predicted molar refractivity (Wildman–Crippen MR) is 60.4 cm³/mol. The van der Waals surface area contributed by atoms with Crippen LogP contribution in [0.4, 0.5) is 5.69 Å². The van der Waals surface area contributed by atoms with E-state index >= 15 is 0 Å². The van der Waals surface area contributed by atoms with Gasteiger partial charge in [0.05, 0.1) is 16.9 Å². The van der Waals surface area contributed by atoms with Crippen LogP contribution < -0.4 is 5.73 Å². The van der Waals surface area contributed by atoms with Gasteiger partial charge in [0, 0.05) is 16.8 Å². The van der Waals surface area contributed by atoms with Crippen LogP contribution in [0, 0.1) is 0 Å². The fourth-order valence-electron chi connectivity index (χ4n) is 1.39. The number of ketones is 1. The molecule has 0 aliphatic rings. The third kappa shape index (κ3) is 1.32. The summed E-state index contributed by atoms with van der Waals surface area (Å²) in [6.07, 6.45) is 0. The van der Waals surface area contributed by atoms with Crippen LogP contribution in [0.5, 0.6) is 0 Å². The van der Waals surface area contributed by atoms with E-state index in [9.17, 15) is 4.79 Å². The third-order valence-electron chi connectivity index (χ3n) is 2.16. The molecule has 14 heavy (non-hydrogen) atoms. The average molecular weight is 253 g/mol. The van der Waals surface area contributed by atoms with Gasteiger partial charge in [-0.3, -0.25) is 4.79 Å². The Morgan fingerprint density at radius 2 is 2.21 bits per heavy atom. The summed E-state index contributed by atoms with van der Waals surface area (Å²) in [4.78, 5) is 14.1. The monoisotopic (exact) mass is 252 g/mol. The van der Waals surface area contributed by atoms with E-state index in [-0.39, 0.29) is 5.78 Å². The van der Waals surface area contributed by atoms with Gasteiger partial charge in [0.1, 0.15) is 0 Å². The van der Waals surface area contributed by atoms with E-state index in [1.807, 2.05) is 12.1 Å². The molecule has 0 spiro atoms. The van der Waals surface area contributed by atoms with E-state index < -0.39 is 0 Å². The second-order valence-electron chi connectivity index (χ2n) is 3.16. The predicted octanol–water partition coefficient (Wildman–Crippen LogP) is 2.72. The zero-order valence-corrected chi connectivity index (χ0v) is 9.18. The van der Waals surface area contributed by atoms with Crippen molar-refractivity contribution in [2.75, 3.05) is 5.73 Å². The van der Waals surface area contributed by atoms with Gasteiger partial charge in [-0.1, -0.05) is 6.07 Å². The lowest BCUT2D eigenvalue weighted by Gasteiger charge is -1.98. The Kier molecular flexibility index (Phi) is 2.07. The van der Waals surface area contributed by atoms with Gasteiger partial charge in [-0.25, -0.2) is 0 Å². The standard InChI is InChI=1S/C10H9BrN2O/c1-5(14)8-4-6-2-3-7(11)9(12)10(6)13-8/h2-4,13H,12H2,1H3. The van der Waals surface area contributed by atoms with Crippen LogP contribution in [0.25, 0.3) is 10.9 Å². The normalized spacial score (nSPS) is 10.7. The van der Waals surface area contributed by atoms with Crippen LogP contribution in [0.3, 0.4) is 0 Å². The maximum Gasteiger partial charge on any atom is 0.175 e. The third-order valence-corrected chi connectivity index (χ3v) is 2.85. The number of aromatic amines is 1. The zero-order valence-electron chi connectivity index (χ0n) is 7.60. The van der Waals surface area contributed by atoms with Crippen LogP contribution in [0.2, 0.25) is 0 Å². The summed E-state index contributed by atoms with van der Waals surface area (Å²) in [6, 6.07) is 5.59. The lowest BCUT2D eigenvalue weighted by molar-refractivity contribution is 0.101. The molecule has 0 aliphatic heterocycles. The van der Waals surface area contributed by atoms with E-state index in [1.165, 1.54) is 6.92 Å². The van der Waals surface area contributed by atoms with Gasteiger partial charge >= 0.3 is 0 Å². The molecule has 0 aliphatic carbocycles. The number of nitrogen functional groups attached to an aromatic ring is 1. The Morgan fingerprint density at radius 3 is 2.86 bits per heavy atom. The smallest absolute Gasteiger partial charge is 0.175 e. The molecule has 3 N–H and O–H groups in total. The van der Waals surface area contributed by atoms with E-state index in [0.717, 1.165) is 15.4 Å². The SMILES string of the molecule is CC(=O)c1cc2ccc(Br)c(N)c2[nH]1. The van der Waals surface area contributed by atoms with Crippen molar-refractivity contribution in [3.63, 3.8) is 0 Å². The van der Waals surface area contributed by atoms with Crippen LogP contribution in [-0.2, 0) is 0 Å². The zero-order chi connectivity index (χ0) is 10.3. The number of halogens is 1. The molecule has 2 aromatic rings. The number of anilines is 1. The molecule has 2 rings (SSSR count). The number of hydrogen-bond donors (Lipinski definition) is 2. The molecule has 0 amide bonds. The van der Waals surface area contributed by atoms with E-state index in [1.54, 1.807) is 6.07 Å². The molecule has 1 aromatic heterocycles. The minimum absolute atomic E-state index is 0.0109. The van der Waals surface area contributed by atoms with Gasteiger partial charge < -0.3 is 10.7 Å². The fourth-order valence-corrected chi connectivity index (χ4v) is 1.72. The van der Waals surface area contributed by atoms with Gasteiger partial charge in [-0.15, -0.1) is 0 Å². The van der Waals surface area contributed by atoms with Crippen LogP contribution in [0.15, 0.2) is 22.7 Å². The molecule has 1 aromatic carbocycles. The van der Waals surface area contributed by atoms with E-state index in [4.69, 9.17) is 5.73 Å². The van der Waals surface area contributed by atoms with Crippen molar-refractivity contribution in [3.8, 4) is 0 Å². The van der Waals surface area contributed by atoms with Crippen molar-refractivity contribution in [3.05, 3.63) is 28.4 Å². The van der Waals surface area contributed by atoms with Crippen molar-refractivity contribution < 1.29 is 4.79 Å². The number of carbonyl (C=O) groups is 1. The van der Waals surface area contributed by atoms with Crippen LogP contribution in [-0.4, -0.2) is 10.8 Å². The Bertz CT molecular complexity index is 516. The lowest BCUT2D eigenvalue weighted by atomic mass is 10.2. The molecule has 0 fully saturated rings. The topological polar surface area (TPSA) is 58.9 Å². The molecule has 0 atom stereocenters. The molecule has 0 saturated carbocycles. The number of aromatic nitrogens is 1. The maximum atomic E-state index is 11.1. The van der Waals surface area contributed by atoms with Crippen LogP contribution in [0.1, 0.15) is 17.4 Å². The van der Waals surface area contributed by atoms with Gasteiger partial charge in [0.15, 0.2) is 5.78 Å². The minimum Gasteiger partial charge on any atom is -0.396 e. The Labute approximate surface area is 89.4 Å². The number of carbonyl (C=O) groups excluding carboxylic acids is 1. The summed E-state index contributed by atoms with van der Waals surface area (Å²) in [5, 5.41) is 0.955. The highest BCUT2D eigenvalue weighted by Crippen LogP contribution is 2.28. The minimum atomic E-state index is 0.0109. The van der Waals surface area contributed by atoms with Gasteiger partial charge in [-0.2, -0.15) is 0 Å². The second-order valence-corrected chi connectivity index (χ2v) is 4.02. The first-order chi connectivity index (χ1) is 6.59. The Hall–Kier alpha value is -1.29. The number of rotatable bonds is 1. The van der Waals surface area contributed by atoms with Gasteiger partial charge in [-0.05, 0) is 28.1 Å². The Morgan fingerprint density at radius 1 is 1.50 bits per heavy atom. The second kappa shape index (κ2) is 3.13. The molecule has 72 valence electrons. The van der Waals surface area contributed by atoms with Gasteiger partial charge in [0.25, 0.3) is 0 Å². The number of benzene rings is 1. The molecule has 4 heteroatoms. The number of nitrogens with two attached hydrogens (primary N) is 1. The maximum absolute atomic E-state index is 11.1. The molecular weight excluding hydrogens is 244 g/mol. The summed E-state index contributed by atoms with van der Waals surface area (Å²) in [6.45, 7) is 1.52. The summed E-state index contributed by atoms with van der Waals surface area (Å²) >= 11 is 3.33. The first kappa shape index (κ1) is 9.27. The highest BCUT2D eigenvalue weighted by atomic mass is 79.9. The first-order valence-electron chi connectivity index (χ1n) is 4.17. The van der Waals surface area contributed by atoms with Crippen molar-refractivity contribution in [1.29, 1.82) is 0 Å². The highest BCUT2D eigenvalue weighted by molar-refractivity contribution is 9.10. The number of H-pyrrole nitrogens is 1. The first-order valence-corrected chi connectivity index (χ1v) is 4.96. The number of Topliss-reactive ketones (excluding diaryl/α,β-unsaturated/α-hetero) is 1. The largest absolute Gasteiger partial charge is 0.396 e. The van der Waals surface area contributed by atoms with Crippen molar-refractivity contribution in [2.24, 2.45) is 0 Å². The van der Waals surface area contributed by atoms with Crippen molar-refractivity contribution in [1.82, 2.24) is 4.98 Å². The quantitative estimate of drug-likeness (QED) is 0.606. The van der Waals surface area contributed by atoms with E-state index in [0.29, 0.717) is 11.4 Å². The number of hydrogen-bond acceptors (Lipinski definition) is 2. The fraction of sp³-hybridized carbons (Fsp3) is 0.100. The molecule has 0 bridgehead atoms. The molecule has 0 unspecified atom stereocenters. The summed E-state index contributed by atoms with van der Waals surface area (Å²) < 4.78 is 0.835. The number of fused-ring (bicyclic) bond motifs is 1. The molecule has 3 nitrogen and oxygen atoms in total. The summed E-state index contributed by atoms with van der Waals surface area (Å²) in [7, 11) is 0. The van der Waals surface area contributed by atoms with Crippen LogP contribution >= 0.6 is 15.9 Å². The molecule has 0 saturated heterocycles. The molecular formula is C10H9BrN2O. The highest BCUT2D eigenvalue weighted by Gasteiger charge is 2.08. The molecule has 0 radical (unpaired) electrons. The number of nitrogens with one attached hydrogen (secondary N) is 1. The van der Waals surface area contributed by atoms with Crippen molar-refractivity contribution in [2.45, 2.75) is 6.92 Å². The Balaban J connectivity index is 2.77. The lowest BCUT2D eigenvalue weighted by Crippen LogP contribution is -1.91. The summed E-state index contributed by atoms with van der Waals surface area (Å²) in [5.41, 5.74) is 7.87. The summed E-state index contributed by atoms with van der Waals surface area (Å²) in [5.74, 6) is 0.0109. The van der Waals surface area contributed by atoms with Crippen molar-refractivity contribution >= 4 is 38.3 Å². The van der Waals surface area contributed by atoms with E-state index in [2.05, 4.69) is 20.9 Å². The average Bonchev–Trinajstić information content (AvgIpc) is 2.56. The molecule has 1 heterocycles. The van der Waals surface area contributed by atoms with Gasteiger partial charge in [0.2, 0.25) is 0 Å².